The molecule has 3 rings (SSSR count). The summed E-state index contributed by atoms with van der Waals surface area (Å²) in [5.41, 5.74) is 2.54. The molecule has 0 aliphatic carbocycles. The van der Waals surface area contributed by atoms with E-state index >= 15 is 0 Å². The van der Waals surface area contributed by atoms with Crippen molar-refractivity contribution in [1.82, 2.24) is 16.0 Å². The van der Waals surface area contributed by atoms with Gasteiger partial charge < -0.3 is 21.1 Å². The second kappa shape index (κ2) is 18.2. The Kier molecular flexibility index (Phi) is 14.1. The van der Waals surface area contributed by atoms with Crippen LogP contribution in [0.5, 0.6) is 0 Å². The van der Waals surface area contributed by atoms with Crippen LogP contribution in [0.1, 0.15) is 50.7 Å². The quantitative estimate of drug-likeness (QED) is 0.138. The fourth-order valence-electron chi connectivity index (χ4n) is 4.87. The molecule has 0 spiro atoms. The molecule has 0 aliphatic rings. The monoisotopic (exact) mass is 600 g/mol. The van der Waals surface area contributed by atoms with Crippen molar-refractivity contribution in [2.45, 2.75) is 70.5 Å². The van der Waals surface area contributed by atoms with Gasteiger partial charge in [-0.15, -0.1) is 0 Å². The number of para-hydroxylation sites is 1. The van der Waals surface area contributed by atoms with Gasteiger partial charge >= 0.3 is 5.97 Å². The van der Waals surface area contributed by atoms with Crippen molar-refractivity contribution < 1.29 is 24.3 Å². The Labute approximate surface area is 259 Å². The van der Waals surface area contributed by atoms with E-state index in [1.807, 2.05) is 92.7 Å². The van der Waals surface area contributed by atoms with Gasteiger partial charge in [-0.1, -0.05) is 92.7 Å². The molecule has 3 aromatic rings. The molecule has 0 aromatic heterocycles. The van der Waals surface area contributed by atoms with Crippen LogP contribution in [0.2, 0.25) is 0 Å². The third-order valence-electron chi connectivity index (χ3n) is 7.16. The molecular formula is C35H44N4O5. The minimum Gasteiger partial charge on any atom is -0.480 e. The number of carbonyl (C=O) groups excluding carboxylic acids is 3. The maximum absolute atomic E-state index is 13.7. The molecule has 0 unspecified atom stereocenters. The van der Waals surface area contributed by atoms with E-state index in [1.54, 1.807) is 12.1 Å². The standard InChI is InChI=1S/C35H44N4O5/c1-25(2)23-31(34(42)37-28-17-10-5-11-18-28)39-33(41)29(21-20-26-13-6-3-7-14-26)38-30(35(43)44)19-12-22-36-32(40)24-27-15-8-4-9-16-27/h3-11,13-18,25,29-31,38H,12,19-24H2,1-2H3,(H,36,40)(H,37,42)(H,39,41)(H,43,44)/t29-,30+,31-/m0/s1. The smallest absolute Gasteiger partial charge is 0.320 e. The van der Waals surface area contributed by atoms with Gasteiger partial charge in [0.2, 0.25) is 17.7 Å². The summed E-state index contributed by atoms with van der Waals surface area (Å²) in [4.78, 5) is 51.4. The fourth-order valence-corrected chi connectivity index (χ4v) is 4.87. The summed E-state index contributed by atoms with van der Waals surface area (Å²) < 4.78 is 0. The third-order valence-corrected chi connectivity index (χ3v) is 7.16. The number of carbonyl (C=O) groups is 4. The van der Waals surface area contributed by atoms with Gasteiger partial charge in [0.25, 0.3) is 0 Å². The second-order valence-electron chi connectivity index (χ2n) is 11.3. The highest BCUT2D eigenvalue weighted by Crippen LogP contribution is 2.13. The third kappa shape index (κ3) is 12.4. The number of amides is 3. The highest BCUT2D eigenvalue weighted by molar-refractivity contribution is 5.98. The van der Waals surface area contributed by atoms with Gasteiger partial charge in [0.05, 0.1) is 12.5 Å². The fraction of sp³-hybridized carbons (Fsp3) is 0.371. The first kappa shape index (κ1) is 34.0. The Morgan fingerprint density at radius 2 is 1.30 bits per heavy atom. The van der Waals surface area contributed by atoms with Crippen LogP contribution < -0.4 is 21.3 Å². The average molecular weight is 601 g/mol. The van der Waals surface area contributed by atoms with Crippen molar-refractivity contribution in [1.29, 1.82) is 0 Å². The van der Waals surface area contributed by atoms with Crippen molar-refractivity contribution in [2.75, 3.05) is 11.9 Å². The number of carboxylic acid groups (broad SMARTS) is 1. The normalized spacial score (nSPS) is 13.0. The molecule has 0 aliphatic heterocycles. The zero-order valence-electron chi connectivity index (χ0n) is 25.5. The predicted molar refractivity (Wildman–Crippen MR) is 172 cm³/mol. The van der Waals surface area contributed by atoms with Crippen molar-refractivity contribution in [3.8, 4) is 0 Å². The molecule has 0 fully saturated rings. The van der Waals surface area contributed by atoms with E-state index in [2.05, 4.69) is 21.3 Å². The number of benzene rings is 3. The lowest BCUT2D eigenvalue weighted by Crippen LogP contribution is -2.55. The van der Waals surface area contributed by atoms with Crippen LogP contribution in [0.3, 0.4) is 0 Å². The van der Waals surface area contributed by atoms with Crippen molar-refractivity contribution in [2.24, 2.45) is 5.92 Å². The molecule has 44 heavy (non-hydrogen) atoms. The van der Waals surface area contributed by atoms with E-state index in [0.29, 0.717) is 37.9 Å². The topological polar surface area (TPSA) is 137 Å². The molecule has 3 amide bonds. The van der Waals surface area contributed by atoms with Crippen LogP contribution in [0.4, 0.5) is 5.69 Å². The van der Waals surface area contributed by atoms with Crippen molar-refractivity contribution >= 4 is 29.4 Å². The molecule has 0 saturated carbocycles. The largest absolute Gasteiger partial charge is 0.480 e. The Balaban J connectivity index is 1.65. The van der Waals surface area contributed by atoms with Crippen LogP contribution in [-0.2, 0) is 32.0 Å². The minimum atomic E-state index is -1.08. The average Bonchev–Trinajstić information content (AvgIpc) is 3.01. The van der Waals surface area contributed by atoms with Crippen molar-refractivity contribution in [3.05, 3.63) is 102 Å². The molecule has 0 radical (unpaired) electrons. The molecule has 9 nitrogen and oxygen atoms in total. The maximum atomic E-state index is 13.7. The summed E-state index contributed by atoms with van der Waals surface area (Å²) in [7, 11) is 0. The molecule has 9 heteroatoms. The molecule has 0 saturated heterocycles. The number of aliphatic carboxylic acids is 1. The first-order valence-corrected chi connectivity index (χ1v) is 15.2. The lowest BCUT2D eigenvalue weighted by atomic mass is 10.00. The number of aryl methyl sites for hydroxylation is 1. The second-order valence-corrected chi connectivity index (χ2v) is 11.3. The Hall–Kier alpha value is -4.50. The Bertz CT molecular complexity index is 1320. The summed E-state index contributed by atoms with van der Waals surface area (Å²) in [5.74, 6) is -1.86. The molecule has 3 atom stereocenters. The summed E-state index contributed by atoms with van der Waals surface area (Å²) in [6.45, 7) is 4.26. The minimum absolute atomic E-state index is 0.126. The van der Waals surface area contributed by atoms with Gasteiger partial charge in [0.1, 0.15) is 12.1 Å². The number of rotatable bonds is 18. The van der Waals surface area contributed by atoms with Crippen LogP contribution in [-0.4, -0.2) is 53.5 Å². The summed E-state index contributed by atoms with van der Waals surface area (Å²) in [6, 6.07) is 25.4. The van der Waals surface area contributed by atoms with E-state index < -0.39 is 30.0 Å². The SMILES string of the molecule is CC(C)C[C@H](NC(=O)[C@H](CCc1ccccc1)N[C@H](CCCNC(=O)Cc1ccccc1)C(=O)O)C(=O)Nc1ccccc1. The number of carboxylic acids is 1. The molecule has 3 aromatic carbocycles. The maximum Gasteiger partial charge on any atom is 0.320 e. The number of hydrogen-bond donors (Lipinski definition) is 5. The van der Waals surface area contributed by atoms with Gasteiger partial charge in [0, 0.05) is 12.2 Å². The number of hydrogen-bond acceptors (Lipinski definition) is 5. The summed E-state index contributed by atoms with van der Waals surface area (Å²) in [5, 5.41) is 21.6. The van der Waals surface area contributed by atoms with Crippen molar-refractivity contribution in [3.63, 3.8) is 0 Å². The Morgan fingerprint density at radius 1 is 0.705 bits per heavy atom. The predicted octanol–water partition coefficient (Wildman–Crippen LogP) is 4.34. The highest BCUT2D eigenvalue weighted by atomic mass is 16.4. The van der Waals surface area contributed by atoms with E-state index in [0.717, 1.165) is 11.1 Å². The van der Waals surface area contributed by atoms with Gasteiger partial charge in [-0.05, 0) is 61.3 Å². The van der Waals surface area contributed by atoms with Crippen LogP contribution in [0, 0.1) is 5.92 Å². The van der Waals surface area contributed by atoms with E-state index in [9.17, 15) is 24.3 Å². The highest BCUT2D eigenvalue weighted by Gasteiger charge is 2.29. The number of nitrogens with one attached hydrogen (secondary N) is 4. The molecule has 5 N–H and O–H groups in total. The van der Waals surface area contributed by atoms with Gasteiger partial charge in [-0.25, -0.2) is 0 Å². The molecule has 0 heterocycles. The molecule has 234 valence electrons. The molecular weight excluding hydrogens is 556 g/mol. The lowest BCUT2D eigenvalue weighted by molar-refractivity contribution is -0.140. The number of anilines is 1. The van der Waals surface area contributed by atoms with Crippen LogP contribution >= 0.6 is 0 Å². The first-order chi connectivity index (χ1) is 21.2. The summed E-state index contributed by atoms with van der Waals surface area (Å²) in [6.07, 6.45) is 2.16. The Morgan fingerprint density at radius 3 is 1.89 bits per heavy atom. The van der Waals surface area contributed by atoms with E-state index in [-0.39, 0.29) is 30.6 Å². The van der Waals surface area contributed by atoms with Crippen LogP contribution in [0.25, 0.3) is 0 Å². The first-order valence-electron chi connectivity index (χ1n) is 15.2. The zero-order chi connectivity index (χ0) is 31.7. The van der Waals surface area contributed by atoms with Gasteiger partial charge in [-0.2, -0.15) is 0 Å². The van der Waals surface area contributed by atoms with Gasteiger partial charge in [0.15, 0.2) is 0 Å². The van der Waals surface area contributed by atoms with Crippen LogP contribution in [0.15, 0.2) is 91.0 Å². The zero-order valence-corrected chi connectivity index (χ0v) is 25.5. The van der Waals surface area contributed by atoms with Gasteiger partial charge in [-0.3, -0.25) is 24.5 Å². The lowest BCUT2D eigenvalue weighted by Gasteiger charge is -2.26. The van der Waals surface area contributed by atoms with E-state index in [4.69, 9.17) is 0 Å². The molecule has 0 bridgehead atoms. The van der Waals surface area contributed by atoms with E-state index in [1.165, 1.54) is 0 Å². The summed E-state index contributed by atoms with van der Waals surface area (Å²) >= 11 is 0.